The molecular weight excluding hydrogens is 350 g/mol. The molecule has 1 aromatic rings. The second kappa shape index (κ2) is 8.76. The first-order chi connectivity index (χ1) is 12.5. The summed E-state index contributed by atoms with van der Waals surface area (Å²) in [6.07, 6.45) is 5.31. The van der Waals surface area contributed by atoms with Gasteiger partial charge in [0, 0.05) is 44.0 Å². The molecule has 2 amide bonds. The Kier molecular flexibility index (Phi) is 6.41. The van der Waals surface area contributed by atoms with E-state index in [2.05, 4.69) is 17.1 Å². The largest absolute Gasteiger partial charge is 0.370 e. The van der Waals surface area contributed by atoms with Gasteiger partial charge in [-0.25, -0.2) is 0 Å². The molecule has 2 aliphatic rings. The number of carbonyl (C=O) groups excluding carboxylic acids is 2. The highest BCUT2D eigenvalue weighted by molar-refractivity contribution is 6.31. The fraction of sp³-hybridized carbons (Fsp3) is 0.600. The van der Waals surface area contributed by atoms with E-state index in [1.165, 1.54) is 6.42 Å². The Labute approximate surface area is 160 Å². The number of hydrogen-bond donors (Lipinski definition) is 1. The number of likely N-dealkylation sites (tertiary alicyclic amines) is 1. The average molecular weight is 378 g/mol. The number of nitrogens with one attached hydrogen (secondary N) is 1. The van der Waals surface area contributed by atoms with Gasteiger partial charge in [-0.15, -0.1) is 0 Å². The van der Waals surface area contributed by atoms with Crippen LogP contribution < -0.4 is 10.2 Å². The lowest BCUT2D eigenvalue weighted by Crippen LogP contribution is -2.37. The lowest BCUT2D eigenvalue weighted by Gasteiger charge is -2.34. The van der Waals surface area contributed by atoms with Gasteiger partial charge < -0.3 is 15.1 Å². The van der Waals surface area contributed by atoms with Crippen LogP contribution in [0.3, 0.4) is 0 Å². The summed E-state index contributed by atoms with van der Waals surface area (Å²) in [6.45, 7) is 5.50. The maximum atomic E-state index is 12.5. The van der Waals surface area contributed by atoms with Crippen molar-refractivity contribution in [2.24, 2.45) is 5.92 Å². The van der Waals surface area contributed by atoms with Crippen molar-refractivity contribution in [1.82, 2.24) is 4.90 Å². The highest BCUT2D eigenvalue weighted by Gasteiger charge is 2.21. The van der Waals surface area contributed by atoms with Crippen LogP contribution in [-0.4, -0.2) is 42.9 Å². The van der Waals surface area contributed by atoms with Crippen LogP contribution in [-0.2, 0) is 9.59 Å². The molecule has 2 heterocycles. The number of anilines is 2. The molecule has 1 N–H and O–H groups in total. The fourth-order valence-electron chi connectivity index (χ4n) is 3.84. The lowest BCUT2D eigenvalue weighted by atomic mass is 9.99. The van der Waals surface area contributed by atoms with Gasteiger partial charge in [0.15, 0.2) is 0 Å². The van der Waals surface area contributed by atoms with Gasteiger partial charge in [-0.1, -0.05) is 18.5 Å². The van der Waals surface area contributed by atoms with Crippen LogP contribution in [0.4, 0.5) is 11.4 Å². The second-order valence-corrected chi connectivity index (χ2v) is 7.93. The third kappa shape index (κ3) is 4.91. The molecular formula is C20H28ClN3O2. The van der Waals surface area contributed by atoms with Gasteiger partial charge in [0.2, 0.25) is 11.8 Å². The highest BCUT2D eigenvalue weighted by Crippen LogP contribution is 2.32. The molecule has 0 aliphatic carbocycles. The summed E-state index contributed by atoms with van der Waals surface area (Å²) in [4.78, 5) is 28.5. The zero-order valence-corrected chi connectivity index (χ0v) is 16.2. The van der Waals surface area contributed by atoms with Gasteiger partial charge in [-0.05, 0) is 49.8 Å². The second-order valence-electron chi connectivity index (χ2n) is 7.49. The van der Waals surface area contributed by atoms with Crippen molar-refractivity contribution in [3.8, 4) is 0 Å². The third-order valence-electron chi connectivity index (χ3n) is 5.26. The Balaban J connectivity index is 1.63. The Bertz CT molecular complexity index is 664. The Morgan fingerprint density at radius 3 is 2.88 bits per heavy atom. The minimum absolute atomic E-state index is 0.0723. The summed E-state index contributed by atoms with van der Waals surface area (Å²) in [7, 11) is 0. The monoisotopic (exact) mass is 377 g/mol. The average Bonchev–Trinajstić information content (AvgIpc) is 2.61. The molecule has 2 fully saturated rings. The number of piperidine rings is 2. The SMILES string of the molecule is CC1CCCN(c2ccc(Cl)cc2NC(=O)CCN2CCCCC2=O)C1. The predicted molar refractivity (Wildman–Crippen MR) is 106 cm³/mol. The molecule has 5 nitrogen and oxygen atoms in total. The maximum Gasteiger partial charge on any atom is 0.226 e. The standard InChI is InChI=1S/C20H28ClN3O2/c1-15-5-4-11-24(14-15)18-8-7-16(21)13-17(18)22-19(25)9-12-23-10-3-2-6-20(23)26/h7-8,13,15H,2-6,9-12,14H2,1H3,(H,22,25). The van der Waals surface area contributed by atoms with E-state index >= 15 is 0 Å². The van der Waals surface area contributed by atoms with E-state index < -0.39 is 0 Å². The number of hydrogen-bond acceptors (Lipinski definition) is 3. The van der Waals surface area contributed by atoms with E-state index in [0.717, 1.165) is 50.3 Å². The minimum Gasteiger partial charge on any atom is -0.370 e. The molecule has 1 unspecified atom stereocenters. The normalized spacial score (nSPS) is 21.0. The summed E-state index contributed by atoms with van der Waals surface area (Å²) in [5.41, 5.74) is 1.80. The molecule has 1 aromatic carbocycles. The number of nitrogens with zero attached hydrogens (tertiary/aromatic N) is 2. The minimum atomic E-state index is -0.0723. The molecule has 0 aromatic heterocycles. The van der Waals surface area contributed by atoms with Crippen LogP contribution in [0.1, 0.15) is 45.4 Å². The first kappa shape index (κ1) is 19.0. The van der Waals surface area contributed by atoms with Crippen molar-refractivity contribution in [1.29, 1.82) is 0 Å². The molecule has 2 saturated heterocycles. The molecule has 6 heteroatoms. The molecule has 0 radical (unpaired) electrons. The first-order valence-corrected chi connectivity index (χ1v) is 10.0. The molecule has 2 aliphatic heterocycles. The highest BCUT2D eigenvalue weighted by atomic mass is 35.5. The van der Waals surface area contributed by atoms with E-state index in [0.29, 0.717) is 30.3 Å². The lowest BCUT2D eigenvalue weighted by molar-refractivity contribution is -0.133. The molecule has 1 atom stereocenters. The molecule has 0 bridgehead atoms. The van der Waals surface area contributed by atoms with Crippen LogP contribution in [0.2, 0.25) is 5.02 Å². The quantitative estimate of drug-likeness (QED) is 0.846. The van der Waals surface area contributed by atoms with Crippen molar-refractivity contribution < 1.29 is 9.59 Å². The van der Waals surface area contributed by atoms with E-state index in [1.54, 1.807) is 4.90 Å². The predicted octanol–water partition coefficient (Wildman–Crippen LogP) is 3.92. The summed E-state index contributed by atoms with van der Waals surface area (Å²) in [5, 5.41) is 3.63. The summed E-state index contributed by atoms with van der Waals surface area (Å²) >= 11 is 6.16. The fourth-order valence-corrected chi connectivity index (χ4v) is 4.01. The van der Waals surface area contributed by atoms with Gasteiger partial charge >= 0.3 is 0 Å². The van der Waals surface area contributed by atoms with Gasteiger partial charge in [-0.2, -0.15) is 0 Å². The van der Waals surface area contributed by atoms with Gasteiger partial charge in [0.05, 0.1) is 11.4 Å². The van der Waals surface area contributed by atoms with Crippen molar-refractivity contribution in [2.45, 2.75) is 45.4 Å². The van der Waals surface area contributed by atoms with Gasteiger partial charge in [0.25, 0.3) is 0 Å². The number of amides is 2. The van der Waals surface area contributed by atoms with Crippen molar-refractivity contribution >= 4 is 34.8 Å². The van der Waals surface area contributed by atoms with Crippen molar-refractivity contribution in [2.75, 3.05) is 36.4 Å². The maximum absolute atomic E-state index is 12.5. The van der Waals surface area contributed by atoms with Crippen LogP contribution in [0.5, 0.6) is 0 Å². The molecule has 26 heavy (non-hydrogen) atoms. The number of carbonyl (C=O) groups is 2. The third-order valence-corrected chi connectivity index (χ3v) is 5.50. The Hall–Kier alpha value is -1.75. The topological polar surface area (TPSA) is 52.7 Å². The van der Waals surface area contributed by atoms with Crippen molar-refractivity contribution in [3.05, 3.63) is 23.2 Å². The van der Waals surface area contributed by atoms with Gasteiger partial charge in [0.1, 0.15) is 0 Å². The zero-order chi connectivity index (χ0) is 18.5. The summed E-state index contributed by atoms with van der Waals surface area (Å²) in [5.74, 6) is 0.736. The Morgan fingerprint density at radius 1 is 1.27 bits per heavy atom. The van der Waals surface area contributed by atoms with Crippen LogP contribution >= 0.6 is 11.6 Å². The number of benzene rings is 1. The van der Waals surface area contributed by atoms with E-state index in [9.17, 15) is 9.59 Å². The zero-order valence-electron chi connectivity index (χ0n) is 15.5. The molecule has 0 spiro atoms. The van der Waals surface area contributed by atoms with E-state index in [1.807, 2.05) is 18.2 Å². The first-order valence-electron chi connectivity index (χ1n) is 9.65. The van der Waals surface area contributed by atoms with Crippen LogP contribution in [0.15, 0.2) is 18.2 Å². The van der Waals surface area contributed by atoms with Crippen LogP contribution in [0.25, 0.3) is 0 Å². The van der Waals surface area contributed by atoms with E-state index in [-0.39, 0.29) is 11.8 Å². The molecule has 0 saturated carbocycles. The van der Waals surface area contributed by atoms with Gasteiger partial charge in [-0.3, -0.25) is 9.59 Å². The van der Waals surface area contributed by atoms with Crippen molar-refractivity contribution in [3.63, 3.8) is 0 Å². The Morgan fingerprint density at radius 2 is 2.12 bits per heavy atom. The molecule has 3 rings (SSSR count). The molecule has 142 valence electrons. The summed E-state index contributed by atoms with van der Waals surface area (Å²) in [6, 6.07) is 5.68. The van der Waals surface area contributed by atoms with E-state index in [4.69, 9.17) is 11.6 Å². The number of halogens is 1. The van der Waals surface area contributed by atoms with Crippen LogP contribution in [0, 0.1) is 5.92 Å². The smallest absolute Gasteiger partial charge is 0.226 e. The summed E-state index contributed by atoms with van der Waals surface area (Å²) < 4.78 is 0. The number of rotatable bonds is 5.